The highest BCUT2D eigenvalue weighted by atomic mass is 16.1. The van der Waals surface area contributed by atoms with Crippen molar-refractivity contribution in [3.8, 4) is 0 Å². The Labute approximate surface area is 110 Å². The number of nitrogens with zero attached hydrogens (tertiary/aromatic N) is 1. The summed E-state index contributed by atoms with van der Waals surface area (Å²) in [6.45, 7) is 8.75. The molecule has 18 heavy (non-hydrogen) atoms. The zero-order valence-corrected chi connectivity index (χ0v) is 11.7. The van der Waals surface area contributed by atoms with E-state index in [1.54, 1.807) is 0 Å². The molecule has 0 aromatic carbocycles. The maximum atomic E-state index is 11.6. The van der Waals surface area contributed by atoms with Crippen molar-refractivity contribution >= 4 is 5.91 Å². The third-order valence-electron chi connectivity index (χ3n) is 2.69. The Kier molecular flexibility index (Phi) is 6.50. The van der Waals surface area contributed by atoms with Gasteiger partial charge >= 0.3 is 0 Å². The van der Waals surface area contributed by atoms with Crippen molar-refractivity contribution in [3.05, 3.63) is 24.0 Å². The molecule has 0 aliphatic heterocycles. The quantitative estimate of drug-likeness (QED) is 0.693. The summed E-state index contributed by atoms with van der Waals surface area (Å²) in [6, 6.07) is 4.35. The van der Waals surface area contributed by atoms with E-state index >= 15 is 0 Å². The molecule has 0 aliphatic rings. The fourth-order valence-corrected chi connectivity index (χ4v) is 1.84. The summed E-state index contributed by atoms with van der Waals surface area (Å²) in [6.07, 6.45) is 3.71. The van der Waals surface area contributed by atoms with E-state index in [2.05, 4.69) is 28.2 Å². The monoisotopic (exact) mass is 251 g/mol. The number of hydrogen-bond donors (Lipinski definition) is 2. The summed E-state index contributed by atoms with van der Waals surface area (Å²) in [5, 5.41) is 6.29. The van der Waals surface area contributed by atoms with Crippen molar-refractivity contribution in [2.75, 3.05) is 6.54 Å². The lowest BCUT2D eigenvalue weighted by Crippen LogP contribution is -2.30. The van der Waals surface area contributed by atoms with Gasteiger partial charge in [0.05, 0.1) is 0 Å². The number of carbonyl (C=O) groups is 1. The Bertz CT molecular complexity index is 358. The fourth-order valence-electron chi connectivity index (χ4n) is 1.84. The molecule has 0 unspecified atom stereocenters. The Balaban J connectivity index is 2.37. The molecular formula is C14H25N3O. The van der Waals surface area contributed by atoms with Crippen molar-refractivity contribution in [2.45, 2.75) is 52.7 Å². The maximum absolute atomic E-state index is 11.6. The molecule has 0 spiro atoms. The van der Waals surface area contributed by atoms with E-state index in [9.17, 15) is 4.79 Å². The largest absolute Gasteiger partial charge is 0.354 e. The molecule has 4 nitrogen and oxygen atoms in total. The second-order valence-electron chi connectivity index (χ2n) is 4.84. The molecule has 1 rings (SSSR count). The number of aromatic nitrogens is 1. The molecule has 102 valence electrons. The summed E-state index contributed by atoms with van der Waals surface area (Å²) in [4.78, 5) is 11.6. The van der Waals surface area contributed by atoms with E-state index in [0.717, 1.165) is 26.1 Å². The molecule has 1 aromatic heterocycles. The molecule has 0 bridgehead atoms. The number of rotatable bonds is 8. The van der Waals surface area contributed by atoms with Gasteiger partial charge in [0.25, 0.3) is 0 Å². The smallest absolute Gasteiger partial charge is 0.221 e. The number of carbonyl (C=O) groups excluding carboxylic acids is 1. The number of hydrogen-bond acceptors (Lipinski definition) is 2. The lowest BCUT2D eigenvalue weighted by molar-refractivity contribution is -0.121. The van der Waals surface area contributed by atoms with Crippen LogP contribution in [0.4, 0.5) is 0 Å². The zero-order chi connectivity index (χ0) is 13.4. The summed E-state index contributed by atoms with van der Waals surface area (Å²) in [5.74, 6) is 0.117. The topological polar surface area (TPSA) is 46.1 Å². The normalized spacial score (nSPS) is 10.9. The fraction of sp³-hybridized carbons (Fsp3) is 0.643. The predicted molar refractivity (Wildman–Crippen MR) is 74.3 cm³/mol. The van der Waals surface area contributed by atoms with Gasteiger partial charge in [0.2, 0.25) is 5.91 Å². The molecule has 0 radical (unpaired) electrons. The van der Waals surface area contributed by atoms with Crippen LogP contribution in [0.3, 0.4) is 0 Å². The minimum absolute atomic E-state index is 0.117. The molecule has 2 N–H and O–H groups in total. The van der Waals surface area contributed by atoms with E-state index in [4.69, 9.17) is 0 Å². The van der Waals surface area contributed by atoms with Gasteiger partial charge in [0, 0.05) is 37.4 Å². The van der Waals surface area contributed by atoms with Crippen LogP contribution in [0.15, 0.2) is 18.3 Å². The van der Waals surface area contributed by atoms with Crippen LogP contribution in [0, 0.1) is 0 Å². The molecule has 0 aliphatic carbocycles. The zero-order valence-electron chi connectivity index (χ0n) is 11.7. The van der Waals surface area contributed by atoms with Crippen LogP contribution in [-0.2, 0) is 17.9 Å². The van der Waals surface area contributed by atoms with Crippen molar-refractivity contribution in [1.29, 1.82) is 0 Å². The first-order valence-electron chi connectivity index (χ1n) is 6.77. The summed E-state index contributed by atoms with van der Waals surface area (Å²) in [7, 11) is 0. The predicted octanol–water partition coefficient (Wildman–Crippen LogP) is 1.90. The first kappa shape index (κ1) is 14.8. The molecule has 0 fully saturated rings. The number of aryl methyl sites for hydroxylation is 1. The van der Waals surface area contributed by atoms with Gasteiger partial charge in [-0.3, -0.25) is 4.79 Å². The van der Waals surface area contributed by atoms with E-state index in [0.29, 0.717) is 6.42 Å². The highest BCUT2D eigenvalue weighted by Crippen LogP contribution is 2.03. The third kappa shape index (κ3) is 5.36. The molecule has 1 aromatic rings. The van der Waals surface area contributed by atoms with Crippen LogP contribution in [0.25, 0.3) is 0 Å². The van der Waals surface area contributed by atoms with Gasteiger partial charge in [-0.2, -0.15) is 0 Å². The first-order chi connectivity index (χ1) is 8.63. The van der Waals surface area contributed by atoms with Crippen LogP contribution in [0.5, 0.6) is 0 Å². The lowest BCUT2D eigenvalue weighted by Gasteiger charge is -2.11. The maximum Gasteiger partial charge on any atom is 0.221 e. The van der Waals surface area contributed by atoms with Crippen LogP contribution in [-0.4, -0.2) is 23.1 Å². The molecule has 1 heterocycles. The van der Waals surface area contributed by atoms with Crippen LogP contribution < -0.4 is 10.6 Å². The van der Waals surface area contributed by atoms with E-state index < -0.39 is 0 Å². The lowest BCUT2D eigenvalue weighted by atomic mass is 10.3. The minimum atomic E-state index is 0.117. The van der Waals surface area contributed by atoms with E-state index in [1.165, 1.54) is 5.69 Å². The van der Waals surface area contributed by atoms with Gasteiger partial charge in [-0.15, -0.1) is 0 Å². The second-order valence-corrected chi connectivity index (χ2v) is 4.84. The number of nitrogens with one attached hydrogen (secondary N) is 2. The van der Waals surface area contributed by atoms with Crippen LogP contribution in [0.2, 0.25) is 0 Å². The average Bonchev–Trinajstić information content (AvgIpc) is 2.73. The SMILES string of the molecule is CCCNCc1cccn1CCC(=O)NC(C)C. The molecule has 4 heteroatoms. The van der Waals surface area contributed by atoms with Crippen molar-refractivity contribution in [3.63, 3.8) is 0 Å². The van der Waals surface area contributed by atoms with E-state index in [-0.39, 0.29) is 11.9 Å². The Hall–Kier alpha value is -1.29. The molecule has 1 amide bonds. The Morgan fingerprint density at radius 1 is 1.44 bits per heavy atom. The Morgan fingerprint density at radius 2 is 2.22 bits per heavy atom. The molecule has 0 saturated carbocycles. The van der Waals surface area contributed by atoms with Gasteiger partial charge in [0.15, 0.2) is 0 Å². The van der Waals surface area contributed by atoms with Crippen LogP contribution in [0.1, 0.15) is 39.3 Å². The van der Waals surface area contributed by atoms with Gasteiger partial charge in [-0.25, -0.2) is 0 Å². The van der Waals surface area contributed by atoms with Gasteiger partial charge in [-0.05, 0) is 38.9 Å². The van der Waals surface area contributed by atoms with Crippen molar-refractivity contribution in [1.82, 2.24) is 15.2 Å². The van der Waals surface area contributed by atoms with Gasteiger partial charge < -0.3 is 15.2 Å². The Morgan fingerprint density at radius 3 is 2.89 bits per heavy atom. The molecule has 0 atom stereocenters. The first-order valence-corrected chi connectivity index (χ1v) is 6.77. The standard InChI is InChI=1S/C14H25N3O/c1-4-8-15-11-13-6-5-9-17(13)10-7-14(18)16-12(2)3/h5-6,9,12,15H,4,7-8,10-11H2,1-3H3,(H,16,18). The number of amides is 1. The summed E-state index contributed by atoms with van der Waals surface area (Å²) < 4.78 is 2.14. The highest BCUT2D eigenvalue weighted by Gasteiger charge is 2.05. The average molecular weight is 251 g/mol. The highest BCUT2D eigenvalue weighted by molar-refractivity contribution is 5.76. The second kappa shape index (κ2) is 7.93. The third-order valence-corrected chi connectivity index (χ3v) is 2.69. The molecular weight excluding hydrogens is 226 g/mol. The molecule has 0 saturated heterocycles. The van der Waals surface area contributed by atoms with E-state index in [1.807, 2.05) is 26.1 Å². The summed E-state index contributed by atoms with van der Waals surface area (Å²) in [5.41, 5.74) is 1.24. The van der Waals surface area contributed by atoms with Crippen molar-refractivity contribution in [2.24, 2.45) is 0 Å². The van der Waals surface area contributed by atoms with Gasteiger partial charge in [-0.1, -0.05) is 6.92 Å². The van der Waals surface area contributed by atoms with Crippen LogP contribution >= 0.6 is 0 Å². The van der Waals surface area contributed by atoms with Gasteiger partial charge in [0.1, 0.15) is 0 Å². The summed E-state index contributed by atoms with van der Waals surface area (Å²) >= 11 is 0. The van der Waals surface area contributed by atoms with Crippen molar-refractivity contribution < 1.29 is 4.79 Å². The minimum Gasteiger partial charge on any atom is -0.354 e.